The van der Waals surface area contributed by atoms with Gasteiger partial charge in [0.15, 0.2) is 11.5 Å². The van der Waals surface area contributed by atoms with Gasteiger partial charge in [-0.2, -0.15) is 5.26 Å². The summed E-state index contributed by atoms with van der Waals surface area (Å²) in [4.78, 5) is 12.2. The molecule has 1 atom stereocenters. The number of carbonyl (C=O) groups is 1. The fourth-order valence-electron chi connectivity index (χ4n) is 3.25. The molecule has 0 spiro atoms. The largest absolute Gasteiger partial charge is 0.493 e. The van der Waals surface area contributed by atoms with Crippen molar-refractivity contribution in [2.75, 3.05) is 7.11 Å². The van der Waals surface area contributed by atoms with Gasteiger partial charge in [0.2, 0.25) is 0 Å². The Morgan fingerprint density at radius 1 is 1.13 bits per heavy atom. The lowest BCUT2D eigenvalue weighted by atomic mass is 9.84. The van der Waals surface area contributed by atoms with Crippen LogP contribution < -0.4 is 20.1 Å². The molecule has 1 aliphatic rings. The molecule has 1 heterocycles. The van der Waals surface area contributed by atoms with E-state index in [0.717, 1.165) is 5.56 Å². The van der Waals surface area contributed by atoms with Crippen LogP contribution in [0.5, 0.6) is 11.5 Å². The van der Waals surface area contributed by atoms with Crippen molar-refractivity contribution >= 4 is 6.03 Å². The van der Waals surface area contributed by atoms with Crippen LogP contribution in [0.3, 0.4) is 0 Å². The lowest BCUT2D eigenvalue weighted by molar-refractivity contribution is 0.235. The van der Waals surface area contributed by atoms with Gasteiger partial charge in [0.1, 0.15) is 12.4 Å². The number of hydrogen-bond acceptors (Lipinski definition) is 4. The molecule has 0 fully saturated rings. The summed E-state index contributed by atoms with van der Waals surface area (Å²) in [6.07, 6.45) is 0. The van der Waals surface area contributed by atoms with Crippen LogP contribution in [0.25, 0.3) is 0 Å². The number of methoxy groups -OCH3 is 1. The number of rotatable bonds is 5. The van der Waals surface area contributed by atoms with Gasteiger partial charge < -0.3 is 20.1 Å². The molecule has 0 radical (unpaired) electrons. The zero-order chi connectivity index (χ0) is 21.9. The highest BCUT2D eigenvalue weighted by molar-refractivity contribution is 5.80. The predicted molar refractivity (Wildman–Crippen MR) is 110 cm³/mol. The van der Waals surface area contributed by atoms with Crippen molar-refractivity contribution in [3.63, 3.8) is 0 Å². The zero-order valence-corrected chi connectivity index (χ0v) is 17.4. The molecule has 156 valence electrons. The molecular formula is C23H24FN3O3. The van der Waals surface area contributed by atoms with Gasteiger partial charge in [0.25, 0.3) is 0 Å². The Labute approximate surface area is 175 Å². The molecule has 2 aromatic carbocycles. The van der Waals surface area contributed by atoms with Crippen LogP contribution >= 0.6 is 0 Å². The number of halogens is 1. The molecular weight excluding hydrogens is 385 g/mol. The first-order valence-electron chi connectivity index (χ1n) is 9.50. The fraction of sp³-hybridized carbons (Fsp3) is 0.304. The van der Waals surface area contributed by atoms with Gasteiger partial charge in [0.05, 0.1) is 24.8 Å². The number of allylic oxidation sites excluding steroid dienone is 1. The molecule has 1 aliphatic heterocycles. The lowest BCUT2D eigenvalue weighted by Gasteiger charge is -2.33. The summed E-state index contributed by atoms with van der Waals surface area (Å²) in [5, 5.41) is 15.3. The van der Waals surface area contributed by atoms with Gasteiger partial charge in [-0.3, -0.25) is 0 Å². The minimum Gasteiger partial charge on any atom is -0.493 e. The summed E-state index contributed by atoms with van der Waals surface area (Å²) in [6, 6.07) is 12.6. The fourth-order valence-corrected chi connectivity index (χ4v) is 3.25. The Morgan fingerprint density at radius 3 is 2.43 bits per heavy atom. The van der Waals surface area contributed by atoms with E-state index in [2.05, 4.69) is 16.7 Å². The third-order valence-corrected chi connectivity index (χ3v) is 4.77. The summed E-state index contributed by atoms with van der Waals surface area (Å²) in [7, 11) is 1.52. The van der Waals surface area contributed by atoms with E-state index >= 15 is 0 Å². The van der Waals surface area contributed by atoms with Crippen LogP contribution in [-0.4, -0.2) is 13.1 Å². The predicted octanol–water partition coefficient (Wildman–Crippen LogP) is 4.59. The standard InChI is InChI=1S/C23H24FN3O3/c1-23(2,3)21-17(12-25)20(26-22(28)27-21)15-7-10-18(19(11-15)29-4)30-13-14-5-8-16(24)9-6-14/h5-11,20H,13H2,1-4H3,(H2,26,27,28)/t20-/m0/s1. The molecule has 0 unspecified atom stereocenters. The number of ether oxygens (including phenoxy) is 2. The van der Waals surface area contributed by atoms with E-state index in [1.165, 1.54) is 19.2 Å². The molecule has 7 heteroatoms. The second-order valence-electron chi connectivity index (χ2n) is 8.01. The SMILES string of the molecule is COc1cc([C@@H]2NC(=O)NC(C(C)(C)C)=C2C#N)ccc1OCc1ccc(F)cc1. The number of carbonyl (C=O) groups excluding carboxylic acids is 1. The maximum absolute atomic E-state index is 13.1. The van der Waals surface area contributed by atoms with Crippen molar-refractivity contribution in [1.82, 2.24) is 10.6 Å². The van der Waals surface area contributed by atoms with Crippen molar-refractivity contribution in [3.05, 3.63) is 70.7 Å². The van der Waals surface area contributed by atoms with E-state index in [4.69, 9.17) is 9.47 Å². The smallest absolute Gasteiger partial charge is 0.319 e. The van der Waals surface area contributed by atoms with Gasteiger partial charge in [-0.15, -0.1) is 0 Å². The number of urea groups is 1. The van der Waals surface area contributed by atoms with Crippen LogP contribution in [0.2, 0.25) is 0 Å². The van der Waals surface area contributed by atoms with Crippen LogP contribution in [0, 0.1) is 22.6 Å². The van der Waals surface area contributed by atoms with E-state index in [-0.39, 0.29) is 18.5 Å². The van der Waals surface area contributed by atoms with Crippen molar-refractivity contribution < 1.29 is 18.7 Å². The van der Waals surface area contributed by atoms with E-state index in [1.54, 1.807) is 30.3 Å². The average molecular weight is 409 g/mol. The highest BCUT2D eigenvalue weighted by Crippen LogP contribution is 2.37. The molecule has 0 saturated heterocycles. The van der Waals surface area contributed by atoms with E-state index in [0.29, 0.717) is 28.3 Å². The molecule has 0 bridgehead atoms. The van der Waals surface area contributed by atoms with Crippen LogP contribution in [-0.2, 0) is 6.61 Å². The van der Waals surface area contributed by atoms with E-state index in [9.17, 15) is 14.4 Å². The van der Waals surface area contributed by atoms with Gasteiger partial charge in [-0.05, 0) is 35.4 Å². The Hall–Kier alpha value is -3.53. The molecule has 2 amide bonds. The molecule has 30 heavy (non-hydrogen) atoms. The van der Waals surface area contributed by atoms with Crippen molar-refractivity contribution in [2.24, 2.45) is 5.41 Å². The number of nitriles is 1. The topological polar surface area (TPSA) is 83.4 Å². The third kappa shape index (κ3) is 4.54. The molecule has 0 saturated carbocycles. The maximum atomic E-state index is 13.1. The normalized spacial score (nSPS) is 16.4. The highest BCUT2D eigenvalue weighted by Gasteiger charge is 2.34. The zero-order valence-electron chi connectivity index (χ0n) is 17.4. The summed E-state index contributed by atoms with van der Waals surface area (Å²) < 4.78 is 24.3. The van der Waals surface area contributed by atoms with Crippen LogP contribution in [0.4, 0.5) is 9.18 Å². The molecule has 2 aromatic rings. The van der Waals surface area contributed by atoms with Crippen molar-refractivity contribution in [3.8, 4) is 17.6 Å². The van der Waals surface area contributed by atoms with E-state index < -0.39 is 11.5 Å². The van der Waals surface area contributed by atoms with Gasteiger partial charge in [-0.1, -0.05) is 39.0 Å². The van der Waals surface area contributed by atoms with Gasteiger partial charge >= 0.3 is 6.03 Å². The average Bonchev–Trinajstić information content (AvgIpc) is 2.72. The minimum absolute atomic E-state index is 0.248. The number of hydrogen-bond donors (Lipinski definition) is 2. The Kier molecular flexibility index (Phi) is 5.97. The monoisotopic (exact) mass is 409 g/mol. The summed E-state index contributed by atoms with van der Waals surface area (Å²) in [5.41, 5.74) is 2.16. The Morgan fingerprint density at radius 2 is 1.83 bits per heavy atom. The van der Waals surface area contributed by atoms with Crippen LogP contribution in [0.1, 0.15) is 37.9 Å². The third-order valence-electron chi connectivity index (χ3n) is 4.77. The Balaban J connectivity index is 1.90. The van der Waals surface area contributed by atoms with Gasteiger partial charge in [0, 0.05) is 11.1 Å². The number of nitrogens with zero attached hydrogens (tertiary/aromatic N) is 1. The summed E-state index contributed by atoms with van der Waals surface area (Å²) in [6.45, 7) is 6.07. The lowest BCUT2D eigenvalue weighted by Crippen LogP contribution is -2.46. The van der Waals surface area contributed by atoms with Gasteiger partial charge in [-0.25, -0.2) is 9.18 Å². The Bertz CT molecular complexity index is 1020. The second-order valence-corrected chi connectivity index (χ2v) is 8.01. The van der Waals surface area contributed by atoms with Crippen LogP contribution in [0.15, 0.2) is 53.7 Å². The quantitative estimate of drug-likeness (QED) is 0.757. The first kappa shape index (κ1) is 21.2. The first-order valence-corrected chi connectivity index (χ1v) is 9.50. The number of amides is 2. The molecule has 0 aromatic heterocycles. The number of nitrogens with one attached hydrogen (secondary N) is 2. The maximum Gasteiger partial charge on any atom is 0.319 e. The van der Waals surface area contributed by atoms with Crippen molar-refractivity contribution in [1.29, 1.82) is 5.26 Å². The molecule has 3 rings (SSSR count). The number of benzene rings is 2. The summed E-state index contributed by atoms with van der Waals surface area (Å²) >= 11 is 0. The minimum atomic E-state index is -0.599. The van der Waals surface area contributed by atoms with Crippen molar-refractivity contribution in [2.45, 2.75) is 33.4 Å². The highest BCUT2D eigenvalue weighted by atomic mass is 19.1. The molecule has 6 nitrogen and oxygen atoms in total. The first-order chi connectivity index (χ1) is 14.2. The molecule has 0 aliphatic carbocycles. The van der Waals surface area contributed by atoms with E-state index in [1.807, 2.05) is 20.8 Å². The second kappa shape index (κ2) is 8.46. The molecule has 2 N–H and O–H groups in total. The summed E-state index contributed by atoms with van der Waals surface area (Å²) in [5.74, 6) is 0.669.